The van der Waals surface area contributed by atoms with Crippen molar-refractivity contribution in [2.75, 3.05) is 0 Å². The zero-order chi connectivity index (χ0) is 15.3. The first-order valence-electron chi connectivity index (χ1n) is 6.43. The third-order valence-corrected chi connectivity index (χ3v) is 2.93. The SMILES string of the molecule is CCC/C(C#N)=C(\CCC)c1cc(F)c(F)c(F)c1F. The molecule has 0 saturated carbocycles. The quantitative estimate of drug-likeness (QED) is 0.319. The fourth-order valence-corrected chi connectivity index (χ4v) is 2.01. The molecule has 1 nitrogen and oxygen atoms in total. The molecule has 5 heteroatoms. The van der Waals surface area contributed by atoms with Crippen molar-refractivity contribution in [1.82, 2.24) is 0 Å². The van der Waals surface area contributed by atoms with Crippen LogP contribution in [-0.4, -0.2) is 0 Å². The zero-order valence-corrected chi connectivity index (χ0v) is 11.4. The van der Waals surface area contributed by atoms with Gasteiger partial charge in [0.05, 0.1) is 6.07 Å². The number of halogens is 4. The van der Waals surface area contributed by atoms with Crippen molar-refractivity contribution >= 4 is 5.57 Å². The number of rotatable bonds is 5. The first-order valence-corrected chi connectivity index (χ1v) is 6.43. The minimum Gasteiger partial charge on any atom is -0.204 e. The highest BCUT2D eigenvalue weighted by atomic mass is 19.2. The van der Waals surface area contributed by atoms with Crippen LogP contribution in [0.3, 0.4) is 0 Å². The summed E-state index contributed by atoms with van der Waals surface area (Å²) in [5.74, 6) is -6.59. The van der Waals surface area contributed by atoms with Gasteiger partial charge >= 0.3 is 0 Å². The van der Waals surface area contributed by atoms with Crippen molar-refractivity contribution in [3.8, 4) is 6.07 Å². The van der Waals surface area contributed by atoms with E-state index in [-0.39, 0.29) is 16.7 Å². The molecule has 0 aliphatic rings. The first kappa shape index (κ1) is 16.2. The molecule has 0 aliphatic carbocycles. The number of nitrogens with zero attached hydrogens (tertiary/aromatic N) is 1. The predicted molar refractivity (Wildman–Crippen MR) is 68.6 cm³/mol. The summed E-state index contributed by atoms with van der Waals surface area (Å²) in [5.41, 5.74) is 0.152. The van der Waals surface area contributed by atoms with Crippen molar-refractivity contribution < 1.29 is 17.6 Å². The van der Waals surface area contributed by atoms with Crippen molar-refractivity contribution in [3.05, 3.63) is 40.5 Å². The number of nitriles is 1. The van der Waals surface area contributed by atoms with Crippen LogP contribution in [0.5, 0.6) is 0 Å². The minimum atomic E-state index is -1.85. The Kier molecular flexibility index (Phi) is 5.75. The average Bonchev–Trinajstić information content (AvgIpc) is 2.44. The standard InChI is InChI=1S/C15H15F4N/c1-3-5-9(8-20)10(6-4-2)11-7-12(16)14(18)15(19)13(11)17/h7H,3-6H2,1-2H3/b10-9-. The largest absolute Gasteiger partial charge is 0.204 e. The lowest BCUT2D eigenvalue weighted by Crippen LogP contribution is -2.03. The second kappa shape index (κ2) is 7.09. The van der Waals surface area contributed by atoms with Crippen LogP contribution in [0.4, 0.5) is 17.6 Å². The molecule has 1 aromatic rings. The lowest BCUT2D eigenvalue weighted by atomic mass is 9.93. The molecule has 0 N–H and O–H groups in total. The maximum Gasteiger partial charge on any atom is 0.198 e. The van der Waals surface area contributed by atoms with Gasteiger partial charge in [0.1, 0.15) is 0 Å². The van der Waals surface area contributed by atoms with E-state index in [0.717, 1.165) is 0 Å². The molecule has 0 heterocycles. The Morgan fingerprint density at radius 1 is 1.00 bits per heavy atom. The molecule has 0 aliphatic heterocycles. The van der Waals surface area contributed by atoms with Crippen molar-refractivity contribution in [2.45, 2.75) is 39.5 Å². The van der Waals surface area contributed by atoms with Gasteiger partial charge in [0.15, 0.2) is 23.3 Å². The molecule has 108 valence electrons. The molecule has 0 aromatic heterocycles. The topological polar surface area (TPSA) is 23.8 Å². The van der Waals surface area contributed by atoms with E-state index in [1.54, 1.807) is 6.92 Å². The van der Waals surface area contributed by atoms with Gasteiger partial charge in [-0.15, -0.1) is 0 Å². The molecule has 0 unspecified atom stereocenters. The maximum atomic E-state index is 13.8. The highest BCUT2D eigenvalue weighted by Gasteiger charge is 2.22. The molecule has 0 bridgehead atoms. The molecule has 0 spiro atoms. The van der Waals surface area contributed by atoms with Crippen LogP contribution in [0.2, 0.25) is 0 Å². The molecule has 0 radical (unpaired) electrons. The monoisotopic (exact) mass is 285 g/mol. The van der Waals surface area contributed by atoms with Crippen LogP contribution in [0, 0.1) is 34.6 Å². The van der Waals surface area contributed by atoms with Crippen molar-refractivity contribution in [3.63, 3.8) is 0 Å². The smallest absolute Gasteiger partial charge is 0.198 e. The minimum absolute atomic E-state index is 0.243. The van der Waals surface area contributed by atoms with Crippen LogP contribution in [-0.2, 0) is 0 Å². The van der Waals surface area contributed by atoms with E-state index in [1.807, 2.05) is 13.0 Å². The average molecular weight is 285 g/mol. The normalized spacial score (nSPS) is 12.1. The summed E-state index contributed by atoms with van der Waals surface area (Å²) in [7, 11) is 0. The van der Waals surface area contributed by atoms with Crippen LogP contribution >= 0.6 is 0 Å². The van der Waals surface area contributed by atoms with Crippen LogP contribution in [0.25, 0.3) is 5.57 Å². The first-order chi connectivity index (χ1) is 9.47. The van der Waals surface area contributed by atoms with Gasteiger partial charge in [-0.25, -0.2) is 17.6 Å². The second-order valence-corrected chi connectivity index (χ2v) is 4.42. The summed E-state index contributed by atoms with van der Waals surface area (Å²) in [6, 6.07) is 2.56. The van der Waals surface area contributed by atoms with E-state index < -0.39 is 23.3 Å². The van der Waals surface area contributed by atoms with E-state index in [1.165, 1.54) is 0 Å². The number of allylic oxidation sites excluding steroid dienone is 2. The maximum absolute atomic E-state index is 13.8. The molecule has 0 atom stereocenters. The van der Waals surface area contributed by atoms with Crippen LogP contribution in [0.15, 0.2) is 11.6 Å². The van der Waals surface area contributed by atoms with Gasteiger partial charge in [-0.3, -0.25) is 0 Å². The van der Waals surface area contributed by atoms with E-state index in [0.29, 0.717) is 31.7 Å². The van der Waals surface area contributed by atoms with Gasteiger partial charge in [0, 0.05) is 11.1 Å². The van der Waals surface area contributed by atoms with Crippen LogP contribution in [0.1, 0.15) is 45.1 Å². The Morgan fingerprint density at radius 3 is 2.10 bits per heavy atom. The summed E-state index contributed by atoms with van der Waals surface area (Å²) in [6.07, 6.45) is 1.89. The second-order valence-electron chi connectivity index (χ2n) is 4.42. The zero-order valence-electron chi connectivity index (χ0n) is 11.4. The molecular formula is C15H15F4N. The Hall–Kier alpha value is -1.83. The van der Waals surface area contributed by atoms with Gasteiger partial charge in [0.2, 0.25) is 0 Å². The molecule has 0 fully saturated rings. The molecular weight excluding hydrogens is 270 g/mol. The van der Waals surface area contributed by atoms with Crippen molar-refractivity contribution in [1.29, 1.82) is 5.26 Å². The molecule has 1 aromatic carbocycles. The molecule has 20 heavy (non-hydrogen) atoms. The van der Waals surface area contributed by atoms with Gasteiger partial charge in [-0.05, 0) is 24.5 Å². The number of benzene rings is 1. The molecule has 0 amide bonds. The van der Waals surface area contributed by atoms with Crippen LogP contribution < -0.4 is 0 Å². The van der Waals surface area contributed by atoms with Crippen molar-refractivity contribution in [2.24, 2.45) is 0 Å². The lowest BCUT2D eigenvalue weighted by molar-refractivity contribution is 0.407. The highest BCUT2D eigenvalue weighted by Crippen LogP contribution is 2.31. The highest BCUT2D eigenvalue weighted by molar-refractivity contribution is 5.72. The van der Waals surface area contributed by atoms with Gasteiger partial charge in [-0.2, -0.15) is 5.26 Å². The molecule has 1 rings (SSSR count). The Balaban J connectivity index is 3.56. The van der Waals surface area contributed by atoms with Gasteiger partial charge < -0.3 is 0 Å². The molecule has 0 saturated heterocycles. The summed E-state index contributed by atoms with van der Waals surface area (Å²) in [6.45, 7) is 3.64. The fourth-order valence-electron chi connectivity index (χ4n) is 2.01. The summed E-state index contributed by atoms with van der Waals surface area (Å²) >= 11 is 0. The van der Waals surface area contributed by atoms with Gasteiger partial charge in [0.25, 0.3) is 0 Å². The van der Waals surface area contributed by atoms with E-state index >= 15 is 0 Å². The third kappa shape index (κ3) is 3.19. The third-order valence-electron chi connectivity index (χ3n) is 2.93. The number of hydrogen-bond donors (Lipinski definition) is 0. The predicted octanol–water partition coefficient (Wildman–Crippen LogP) is 5.12. The van der Waals surface area contributed by atoms with E-state index in [9.17, 15) is 17.6 Å². The summed E-state index contributed by atoms with van der Waals surface area (Å²) < 4.78 is 53.4. The fraction of sp³-hybridized carbons (Fsp3) is 0.400. The van der Waals surface area contributed by atoms with Gasteiger partial charge in [-0.1, -0.05) is 26.7 Å². The summed E-state index contributed by atoms with van der Waals surface area (Å²) in [4.78, 5) is 0. The van der Waals surface area contributed by atoms with E-state index in [2.05, 4.69) is 0 Å². The number of hydrogen-bond acceptors (Lipinski definition) is 1. The Labute approximate surface area is 115 Å². The Morgan fingerprint density at radius 2 is 1.60 bits per heavy atom. The summed E-state index contributed by atoms with van der Waals surface area (Å²) in [5, 5.41) is 9.11. The lowest BCUT2D eigenvalue weighted by Gasteiger charge is -2.12. The van der Waals surface area contributed by atoms with E-state index in [4.69, 9.17) is 5.26 Å². The Bertz CT molecular complexity index is 570.